The van der Waals surface area contributed by atoms with E-state index in [-0.39, 0.29) is 17.9 Å². The molecule has 0 radical (unpaired) electrons. The van der Waals surface area contributed by atoms with Crippen molar-refractivity contribution in [3.63, 3.8) is 0 Å². The summed E-state index contributed by atoms with van der Waals surface area (Å²) in [5.74, 6) is 1.24. The van der Waals surface area contributed by atoms with Gasteiger partial charge in [0, 0.05) is 17.9 Å². The number of carbonyl (C=O) groups is 1. The minimum Gasteiger partial charge on any atom is -0.375 e. The van der Waals surface area contributed by atoms with Gasteiger partial charge in [0.15, 0.2) is 0 Å². The normalized spacial score (nSPS) is 33.4. The Morgan fingerprint density at radius 2 is 1.94 bits per heavy atom. The van der Waals surface area contributed by atoms with E-state index in [0.717, 1.165) is 6.42 Å². The van der Waals surface area contributed by atoms with Crippen molar-refractivity contribution in [2.75, 3.05) is 0 Å². The van der Waals surface area contributed by atoms with Gasteiger partial charge in [0.2, 0.25) is 5.91 Å². The minimum atomic E-state index is 0.0655. The zero-order valence-electron chi connectivity index (χ0n) is 11.4. The molecule has 2 fully saturated rings. The third-order valence-electron chi connectivity index (χ3n) is 4.17. The topological polar surface area (TPSA) is 38.3 Å². The van der Waals surface area contributed by atoms with Crippen LogP contribution in [0.4, 0.5) is 0 Å². The number of hydrogen-bond acceptors (Lipinski definition) is 2. The molecule has 2 rings (SSSR count). The van der Waals surface area contributed by atoms with E-state index in [0.29, 0.717) is 24.0 Å². The summed E-state index contributed by atoms with van der Waals surface area (Å²) in [5, 5.41) is 3.22. The van der Waals surface area contributed by atoms with Crippen molar-refractivity contribution in [1.29, 1.82) is 0 Å². The van der Waals surface area contributed by atoms with E-state index in [4.69, 9.17) is 4.74 Å². The first-order chi connectivity index (χ1) is 7.99. The monoisotopic (exact) mass is 239 g/mol. The zero-order valence-corrected chi connectivity index (χ0v) is 11.4. The summed E-state index contributed by atoms with van der Waals surface area (Å²) in [4.78, 5) is 11.9. The highest BCUT2D eigenvalue weighted by atomic mass is 16.5. The number of hydrogen-bond donors (Lipinski definition) is 1. The quantitative estimate of drug-likeness (QED) is 0.818. The highest BCUT2D eigenvalue weighted by molar-refractivity contribution is 5.78. The molecule has 17 heavy (non-hydrogen) atoms. The third-order valence-corrected chi connectivity index (χ3v) is 4.17. The molecule has 0 aliphatic carbocycles. The second-order valence-electron chi connectivity index (χ2n) is 6.21. The van der Waals surface area contributed by atoms with E-state index in [9.17, 15) is 4.79 Å². The van der Waals surface area contributed by atoms with Gasteiger partial charge in [-0.3, -0.25) is 4.79 Å². The second kappa shape index (κ2) is 4.97. The molecule has 2 bridgehead atoms. The Morgan fingerprint density at radius 1 is 1.24 bits per heavy atom. The number of fused-ring (bicyclic) bond motifs is 2. The maximum Gasteiger partial charge on any atom is 0.222 e. The van der Waals surface area contributed by atoms with Crippen LogP contribution in [0.25, 0.3) is 0 Å². The molecule has 1 amide bonds. The predicted molar refractivity (Wildman–Crippen MR) is 67.6 cm³/mol. The molecule has 3 heteroatoms. The van der Waals surface area contributed by atoms with Crippen molar-refractivity contribution in [1.82, 2.24) is 5.32 Å². The standard InChI is InChI=1S/C14H25NO2/c1-8(2)13(15-14(16)9(3)4)11-7-10-5-6-12(11)17-10/h8-13H,5-7H2,1-4H3,(H,15,16)/t10-,11+,12+,13-/m1/s1. The molecule has 2 heterocycles. The summed E-state index contributed by atoms with van der Waals surface area (Å²) in [5.41, 5.74) is 0. The summed E-state index contributed by atoms with van der Waals surface area (Å²) in [7, 11) is 0. The van der Waals surface area contributed by atoms with Crippen molar-refractivity contribution in [2.24, 2.45) is 17.8 Å². The Balaban J connectivity index is 2.00. The number of amides is 1. The lowest BCUT2D eigenvalue weighted by Gasteiger charge is -2.32. The average Bonchev–Trinajstić information content (AvgIpc) is 2.86. The van der Waals surface area contributed by atoms with E-state index < -0.39 is 0 Å². The van der Waals surface area contributed by atoms with Gasteiger partial charge in [-0.15, -0.1) is 0 Å². The lowest BCUT2D eigenvalue weighted by atomic mass is 9.79. The van der Waals surface area contributed by atoms with Crippen LogP contribution in [-0.4, -0.2) is 24.2 Å². The summed E-state index contributed by atoms with van der Waals surface area (Å²) < 4.78 is 5.91. The van der Waals surface area contributed by atoms with Crippen molar-refractivity contribution < 1.29 is 9.53 Å². The van der Waals surface area contributed by atoms with Crippen LogP contribution in [-0.2, 0) is 9.53 Å². The number of carbonyl (C=O) groups excluding carboxylic acids is 1. The molecule has 2 aliphatic rings. The van der Waals surface area contributed by atoms with E-state index in [1.54, 1.807) is 0 Å². The average molecular weight is 239 g/mol. The molecule has 2 saturated heterocycles. The van der Waals surface area contributed by atoms with Crippen molar-refractivity contribution in [2.45, 2.75) is 65.2 Å². The molecule has 0 spiro atoms. The first kappa shape index (κ1) is 12.9. The van der Waals surface area contributed by atoms with Crippen LogP contribution in [0.1, 0.15) is 47.0 Å². The molecular formula is C14H25NO2. The molecule has 4 atom stereocenters. The van der Waals surface area contributed by atoms with Gasteiger partial charge in [-0.2, -0.15) is 0 Å². The van der Waals surface area contributed by atoms with Gasteiger partial charge in [0.1, 0.15) is 0 Å². The van der Waals surface area contributed by atoms with Gasteiger partial charge in [-0.1, -0.05) is 27.7 Å². The van der Waals surface area contributed by atoms with Crippen molar-refractivity contribution in [3.8, 4) is 0 Å². The number of nitrogens with one attached hydrogen (secondary N) is 1. The van der Waals surface area contributed by atoms with Crippen LogP contribution >= 0.6 is 0 Å². The van der Waals surface area contributed by atoms with Gasteiger partial charge in [-0.25, -0.2) is 0 Å². The first-order valence-electron chi connectivity index (χ1n) is 6.95. The molecule has 0 aromatic heterocycles. The Morgan fingerprint density at radius 3 is 2.35 bits per heavy atom. The van der Waals surface area contributed by atoms with Gasteiger partial charge in [0.25, 0.3) is 0 Å². The van der Waals surface area contributed by atoms with E-state index in [1.807, 2.05) is 13.8 Å². The summed E-state index contributed by atoms with van der Waals surface area (Å²) in [6.45, 7) is 8.28. The van der Waals surface area contributed by atoms with Crippen molar-refractivity contribution in [3.05, 3.63) is 0 Å². The SMILES string of the molecule is CC(C)C(=O)N[C@H](C(C)C)[C@H]1C[C@H]2CC[C@@H]1O2. The predicted octanol–water partition coefficient (Wildman–Crippen LogP) is 2.35. The van der Waals surface area contributed by atoms with Crippen LogP contribution in [0.3, 0.4) is 0 Å². The largest absolute Gasteiger partial charge is 0.375 e. The van der Waals surface area contributed by atoms with E-state index in [1.165, 1.54) is 12.8 Å². The molecule has 0 unspecified atom stereocenters. The fraction of sp³-hybridized carbons (Fsp3) is 0.929. The number of rotatable bonds is 4. The Bertz CT molecular complexity index is 288. The molecule has 3 nitrogen and oxygen atoms in total. The lowest BCUT2D eigenvalue weighted by Crippen LogP contribution is -2.48. The maximum atomic E-state index is 11.9. The molecule has 0 aromatic rings. The Kier molecular flexibility index (Phi) is 3.76. The smallest absolute Gasteiger partial charge is 0.222 e. The van der Waals surface area contributed by atoms with Gasteiger partial charge in [0.05, 0.1) is 12.2 Å². The van der Waals surface area contributed by atoms with Crippen molar-refractivity contribution >= 4 is 5.91 Å². The maximum absolute atomic E-state index is 11.9. The summed E-state index contributed by atoms with van der Waals surface area (Å²) in [6.07, 6.45) is 4.37. The van der Waals surface area contributed by atoms with Crippen LogP contribution in [0.15, 0.2) is 0 Å². The first-order valence-corrected chi connectivity index (χ1v) is 6.95. The summed E-state index contributed by atoms with van der Waals surface area (Å²) in [6, 6.07) is 0.278. The summed E-state index contributed by atoms with van der Waals surface area (Å²) >= 11 is 0. The number of ether oxygens (including phenoxy) is 1. The molecular weight excluding hydrogens is 214 g/mol. The second-order valence-corrected chi connectivity index (χ2v) is 6.21. The minimum absolute atomic E-state index is 0.0655. The molecule has 1 N–H and O–H groups in total. The van der Waals surface area contributed by atoms with Crippen LogP contribution in [0.2, 0.25) is 0 Å². The van der Waals surface area contributed by atoms with Crippen LogP contribution in [0.5, 0.6) is 0 Å². The van der Waals surface area contributed by atoms with Gasteiger partial charge in [-0.05, 0) is 25.2 Å². The van der Waals surface area contributed by atoms with Gasteiger partial charge < -0.3 is 10.1 Å². The van der Waals surface area contributed by atoms with Gasteiger partial charge >= 0.3 is 0 Å². The fourth-order valence-electron chi connectivity index (χ4n) is 3.15. The van der Waals surface area contributed by atoms with Crippen LogP contribution in [0, 0.1) is 17.8 Å². The highest BCUT2D eigenvalue weighted by Gasteiger charge is 2.45. The molecule has 0 aromatic carbocycles. The lowest BCUT2D eigenvalue weighted by molar-refractivity contribution is -0.125. The Hall–Kier alpha value is -0.570. The molecule has 2 aliphatic heterocycles. The highest BCUT2D eigenvalue weighted by Crippen LogP contribution is 2.41. The molecule has 0 saturated carbocycles. The fourth-order valence-corrected chi connectivity index (χ4v) is 3.15. The van der Waals surface area contributed by atoms with E-state index in [2.05, 4.69) is 19.2 Å². The third kappa shape index (κ3) is 2.65. The zero-order chi connectivity index (χ0) is 12.6. The Labute approximate surface area is 104 Å². The van der Waals surface area contributed by atoms with E-state index >= 15 is 0 Å². The molecule has 98 valence electrons. The van der Waals surface area contributed by atoms with Crippen LogP contribution < -0.4 is 5.32 Å².